The van der Waals surface area contributed by atoms with Crippen LogP contribution in [-0.2, 0) is 6.54 Å². The van der Waals surface area contributed by atoms with Gasteiger partial charge in [0, 0.05) is 6.54 Å². The molecule has 0 aromatic heterocycles. The van der Waals surface area contributed by atoms with Crippen molar-refractivity contribution >= 4 is 0 Å². The van der Waals surface area contributed by atoms with Crippen LogP contribution in [0.4, 0.5) is 0 Å². The van der Waals surface area contributed by atoms with Crippen molar-refractivity contribution in [3.8, 4) is 6.07 Å². The Morgan fingerprint density at radius 3 is 2.57 bits per heavy atom. The zero-order valence-electron chi connectivity index (χ0n) is 12.8. The third-order valence-electron chi connectivity index (χ3n) is 3.91. The van der Waals surface area contributed by atoms with Gasteiger partial charge in [0.05, 0.1) is 11.6 Å². The van der Waals surface area contributed by atoms with E-state index in [9.17, 15) is 0 Å². The van der Waals surface area contributed by atoms with Crippen molar-refractivity contribution in [3.63, 3.8) is 0 Å². The Hall–Kier alpha value is -2.11. The van der Waals surface area contributed by atoms with Crippen LogP contribution in [0.25, 0.3) is 0 Å². The van der Waals surface area contributed by atoms with Gasteiger partial charge in [-0.1, -0.05) is 43.3 Å². The van der Waals surface area contributed by atoms with Gasteiger partial charge in [-0.2, -0.15) is 5.26 Å². The number of nitrogens with one attached hydrogen (secondary N) is 1. The second-order valence-corrected chi connectivity index (χ2v) is 5.53. The van der Waals surface area contributed by atoms with Crippen LogP contribution in [0, 0.1) is 18.3 Å². The zero-order chi connectivity index (χ0) is 15.1. The van der Waals surface area contributed by atoms with E-state index in [1.54, 1.807) is 0 Å². The molecule has 0 amide bonds. The topological polar surface area (TPSA) is 35.8 Å². The summed E-state index contributed by atoms with van der Waals surface area (Å²) in [5.41, 5.74) is 4.57. The quantitative estimate of drug-likeness (QED) is 0.806. The standard InChI is InChI=1S/C19H22N2/c1-15(18-6-4-3-5-7-18)10-11-21-14-19-9-8-17(13-20)12-16(19)2/h3-9,12,15,21H,10-11,14H2,1-2H3. The van der Waals surface area contributed by atoms with Crippen LogP contribution in [0.3, 0.4) is 0 Å². The number of aryl methyl sites for hydroxylation is 1. The summed E-state index contributed by atoms with van der Waals surface area (Å²) in [6, 6.07) is 18.7. The SMILES string of the molecule is Cc1cc(C#N)ccc1CNCCC(C)c1ccccc1. The van der Waals surface area contributed by atoms with Crippen LogP contribution in [0.15, 0.2) is 48.5 Å². The monoisotopic (exact) mass is 278 g/mol. The minimum absolute atomic E-state index is 0.570. The lowest BCUT2D eigenvalue weighted by molar-refractivity contribution is 0.593. The Bertz CT molecular complexity index is 611. The number of rotatable bonds is 6. The Morgan fingerprint density at radius 1 is 1.14 bits per heavy atom. The first-order chi connectivity index (χ1) is 10.2. The number of hydrogen-bond donors (Lipinski definition) is 1. The van der Waals surface area contributed by atoms with Gasteiger partial charge in [-0.3, -0.25) is 0 Å². The van der Waals surface area contributed by atoms with E-state index in [2.05, 4.69) is 55.6 Å². The maximum atomic E-state index is 8.87. The Morgan fingerprint density at radius 2 is 1.90 bits per heavy atom. The summed E-state index contributed by atoms with van der Waals surface area (Å²) in [5.74, 6) is 0.570. The van der Waals surface area contributed by atoms with E-state index in [1.807, 2.05) is 18.2 Å². The van der Waals surface area contributed by atoms with Crippen molar-refractivity contribution in [2.75, 3.05) is 6.54 Å². The van der Waals surface area contributed by atoms with E-state index < -0.39 is 0 Å². The molecule has 1 unspecified atom stereocenters. The lowest BCUT2D eigenvalue weighted by Gasteiger charge is -2.13. The van der Waals surface area contributed by atoms with Crippen molar-refractivity contribution in [2.45, 2.75) is 32.7 Å². The van der Waals surface area contributed by atoms with Gasteiger partial charge in [0.25, 0.3) is 0 Å². The van der Waals surface area contributed by atoms with Crippen LogP contribution >= 0.6 is 0 Å². The van der Waals surface area contributed by atoms with Crippen LogP contribution in [-0.4, -0.2) is 6.54 Å². The first-order valence-corrected chi connectivity index (χ1v) is 7.46. The molecule has 2 rings (SSSR count). The van der Waals surface area contributed by atoms with Gasteiger partial charge < -0.3 is 5.32 Å². The molecular weight excluding hydrogens is 256 g/mol. The average Bonchev–Trinajstić information content (AvgIpc) is 2.53. The van der Waals surface area contributed by atoms with Crippen LogP contribution < -0.4 is 5.32 Å². The average molecular weight is 278 g/mol. The maximum absolute atomic E-state index is 8.87. The molecule has 0 fully saturated rings. The molecule has 2 aromatic carbocycles. The largest absolute Gasteiger partial charge is 0.313 e. The van der Waals surface area contributed by atoms with Crippen molar-refractivity contribution in [2.24, 2.45) is 0 Å². The molecule has 0 bridgehead atoms. The van der Waals surface area contributed by atoms with Crippen LogP contribution in [0.5, 0.6) is 0 Å². The predicted molar refractivity (Wildman–Crippen MR) is 87.1 cm³/mol. The lowest BCUT2D eigenvalue weighted by Crippen LogP contribution is -2.17. The molecule has 21 heavy (non-hydrogen) atoms. The predicted octanol–water partition coefficient (Wildman–Crippen LogP) is 4.15. The van der Waals surface area contributed by atoms with E-state index >= 15 is 0 Å². The maximum Gasteiger partial charge on any atom is 0.0991 e. The number of hydrogen-bond acceptors (Lipinski definition) is 2. The second kappa shape index (κ2) is 7.61. The smallest absolute Gasteiger partial charge is 0.0991 e. The van der Waals surface area contributed by atoms with Crippen molar-refractivity contribution in [1.82, 2.24) is 5.32 Å². The molecule has 0 aliphatic carbocycles. The highest BCUT2D eigenvalue weighted by atomic mass is 14.8. The molecule has 2 nitrogen and oxygen atoms in total. The summed E-state index contributed by atoms with van der Waals surface area (Å²) in [6.07, 6.45) is 1.12. The van der Waals surface area contributed by atoms with Crippen molar-refractivity contribution in [1.29, 1.82) is 5.26 Å². The summed E-state index contributed by atoms with van der Waals surface area (Å²) >= 11 is 0. The molecule has 0 aliphatic heterocycles. The molecule has 0 aliphatic rings. The summed E-state index contributed by atoms with van der Waals surface area (Å²) in [7, 11) is 0. The van der Waals surface area contributed by atoms with E-state index in [0.717, 1.165) is 25.1 Å². The molecular formula is C19H22N2. The first kappa shape index (κ1) is 15.3. The number of benzene rings is 2. The second-order valence-electron chi connectivity index (χ2n) is 5.53. The van der Waals surface area contributed by atoms with Crippen LogP contribution in [0.2, 0.25) is 0 Å². The minimum atomic E-state index is 0.570. The minimum Gasteiger partial charge on any atom is -0.313 e. The molecule has 0 heterocycles. The van der Waals surface area contributed by atoms with Crippen LogP contribution in [0.1, 0.15) is 41.5 Å². The third-order valence-corrected chi connectivity index (χ3v) is 3.91. The highest BCUT2D eigenvalue weighted by Crippen LogP contribution is 2.17. The zero-order valence-corrected chi connectivity index (χ0v) is 12.8. The van der Waals surface area contributed by atoms with Crippen molar-refractivity contribution in [3.05, 3.63) is 70.8 Å². The molecule has 1 N–H and O–H groups in total. The van der Waals surface area contributed by atoms with Gasteiger partial charge in [-0.15, -0.1) is 0 Å². The fourth-order valence-corrected chi connectivity index (χ4v) is 2.45. The number of nitrogens with zero attached hydrogens (tertiary/aromatic N) is 1. The normalized spacial score (nSPS) is 11.9. The summed E-state index contributed by atoms with van der Waals surface area (Å²) in [5, 5.41) is 12.4. The van der Waals surface area contributed by atoms with Gasteiger partial charge in [0.1, 0.15) is 0 Å². The van der Waals surface area contributed by atoms with Gasteiger partial charge in [-0.25, -0.2) is 0 Å². The molecule has 0 radical (unpaired) electrons. The lowest BCUT2D eigenvalue weighted by atomic mass is 9.98. The van der Waals surface area contributed by atoms with E-state index in [0.29, 0.717) is 5.92 Å². The Labute approximate surface area is 127 Å². The fourth-order valence-electron chi connectivity index (χ4n) is 2.45. The molecule has 2 heteroatoms. The van der Waals surface area contributed by atoms with Crippen molar-refractivity contribution < 1.29 is 0 Å². The first-order valence-electron chi connectivity index (χ1n) is 7.46. The Balaban J connectivity index is 1.79. The molecule has 0 saturated carbocycles. The molecule has 0 saturated heterocycles. The fraction of sp³-hybridized carbons (Fsp3) is 0.316. The molecule has 0 spiro atoms. The van der Waals surface area contributed by atoms with E-state index in [-0.39, 0.29) is 0 Å². The van der Waals surface area contributed by atoms with Gasteiger partial charge >= 0.3 is 0 Å². The van der Waals surface area contributed by atoms with E-state index in [1.165, 1.54) is 16.7 Å². The Kier molecular flexibility index (Phi) is 5.54. The summed E-state index contributed by atoms with van der Waals surface area (Å²) in [4.78, 5) is 0. The third kappa shape index (κ3) is 4.44. The number of nitriles is 1. The van der Waals surface area contributed by atoms with Gasteiger partial charge in [0.15, 0.2) is 0 Å². The van der Waals surface area contributed by atoms with Gasteiger partial charge in [0.2, 0.25) is 0 Å². The van der Waals surface area contributed by atoms with Gasteiger partial charge in [-0.05, 0) is 54.6 Å². The molecule has 2 aromatic rings. The van der Waals surface area contributed by atoms with E-state index in [4.69, 9.17) is 5.26 Å². The highest BCUT2D eigenvalue weighted by Gasteiger charge is 2.04. The summed E-state index contributed by atoms with van der Waals surface area (Å²) in [6.45, 7) is 6.18. The molecule has 1 atom stereocenters. The molecule has 108 valence electrons. The highest BCUT2D eigenvalue weighted by molar-refractivity contribution is 5.37. The summed E-state index contributed by atoms with van der Waals surface area (Å²) < 4.78 is 0.